The average Bonchev–Trinajstić information content (AvgIpc) is 3.28. The average molecular weight is 453 g/mol. The van der Waals surface area contributed by atoms with Crippen molar-refractivity contribution in [2.24, 2.45) is 0 Å². The lowest BCUT2D eigenvalue weighted by Gasteiger charge is -2.24. The van der Waals surface area contributed by atoms with Crippen LogP contribution >= 0.6 is 0 Å². The van der Waals surface area contributed by atoms with Gasteiger partial charge in [0.15, 0.2) is 6.23 Å². The fraction of sp³-hybridized carbons (Fsp3) is 0.259. The first-order chi connectivity index (χ1) is 16.8. The standard InChI is InChI=1S/C27H28N6O/c1-5-13-28-22(9-1)17-32(18-23-10-2-6-14-29-23)20-25-21-33(19-24-11-3-7-15-30-24)27(34-25)26-12-4-8-16-31-26/h1-16,25,27H,17-21H2/t25-,27?/m1/s1. The minimum atomic E-state index is -0.209. The normalized spacial score (nSPS) is 18.4. The second-order valence-corrected chi connectivity index (χ2v) is 8.43. The van der Waals surface area contributed by atoms with Gasteiger partial charge in [0, 0.05) is 57.5 Å². The van der Waals surface area contributed by atoms with Gasteiger partial charge in [0.05, 0.1) is 28.9 Å². The highest BCUT2D eigenvalue weighted by Crippen LogP contribution is 2.31. The van der Waals surface area contributed by atoms with E-state index in [1.54, 1.807) is 0 Å². The Morgan fingerprint density at radius 1 is 0.706 bits per heavy atom. The Kier molecular flexibility index (Phi) is 7.25. The van der Waals surface area contributed by atoms with Crippen molar-refractivity contribution >= 4 is 0 Å². The molecule has 7 nitrogen and oxygen atoms in total. The van der Waals surface area contributed by atoms with Crippen LogP contribution in [0.1, 0.15) is 29.0 Å². The van der Waals surface area contributed by atoms with E-state index in [-0.39, 0.29) is 12.3 Å². The molecule has 1 aliphatic rings. The Hall–Kier alpha value is -3.52. The smallest absolute Gasteiger partial charge is 0.154 e. The molecule has 4 aromatic heterocycles. The van der Waals surface area contributed by atoms with E-state index in [0.29, 0.717) is 6.54 Å². The van der Waals surface area contributed by atoms with Gasteiger partial charge in [-0.15, -0.1) is 0 Å². The predicted molar refractivity (Wildman–Crippen MR) is 129 cm³/mol. The highest BCUT2D eigenvalue weighted by molar-refractivity contribution is 5.11. The zero-order valence-corrected chi connectivity index (χ0v) is 19.0. The van der Waals surface area contributed by atoms with Crippen molar-refractivity contribution in [3.8, 4) is 0 Å². The number of rotatable bonds is 9. The third kappa shape index (κ3) is 5.88. The summed E-state index contributed by atoms with van der Waals surface area (Å²) in [6, 6.07) is 24.0. The second-order valence-electron chi connectivity index (χ2n) is 8.43. The van der Waals surface area contributed by atoms with Crippen LogP contribution in [0.3, 0.4) is 0 Å². The number of ether oxygens (including phenoxy) is 1. The molecule has 2 atom stereocenters. The highest BCUT2D eigenvalue weighted by Gasteiger charge is 2.36. The summed E-state index contributed by atoms with van der Waals surface area (Å²) >= 11 is 0. The molecule has 0 saturated carbocycles. The summed E-state index contributed by atoms with van der Waals surface area (Å²) in [5, 5.41) is 0. The zero-order chi connectivity index (χ0) is 23.0. The Morgan fingerprint density at radius 3 is 1.79 bits per heavy atom. The van der Waals surface area contributed by atoms with Gasteiger partial charge in [0.1, 0.15) is 0 Å². The molecular formula is C27H28N6O. The highest BCUT2D eigenvalue weighted by atomic mass is 16.5. The first kappa shape index (κ1) is 22.3. The van der Waals surface area contributed by atoms with Crippen molar-refractivity contribution in [2.75, 3.05) is 13.1 Å². The third-order valence-corrected chi connectivity index (χ3v) is 5.81. The van der Waals surface area contributed by atoms with Crippen LogP contribution < -0.4 is 0 Å². The van der Waals surface area contributed by atoms with Crippen LogP contribution in [0.2, 0.25) is 0 Å². The van der Waals surface area contributed by atoms with E-state index in [4.69, 9.17) is 4.74 Å². The molecule has 1 saturated heterocycles. The molecule has 0 aromatic carbocycles. The lowest BCUT2D eigenvalue weighted by Crippen LogP contribution is -2.34. The minimum Gasteiger partial charge on any atom is -0.351 e. The topological polar surface area (TPSA) is 67.3 Å². The van der Waals surface area contributed by atoms with Gasteiger partial charge in [-0.05, 0) is 48.5 Å². The van der Waals surface area contributed by atoms with Gasteiger partial charge < -0.3 is 4.74 Å². The van der Waals surface area contributed by atoms with Crippen LogP contribution in [0.25, 0.3) is 0 Å². The van der Waals surface area contributed by atoms with Crippen molar-refractivity contribution in [1.29, 1.82) is 0 Å². The maximum Gasteiger partial charge on any atom is 0.154 e. The zero-order valence-electron chi connectivity index (χ0n) is 19.0. The Bertz CT molecular complexity index is 1090. The van der Waals surface area contributed by atoms with E-state index in [0.717, 1.165) is 49.0 Å². The second kappa shape index (κ2) is 11.1. The fourth-order valence-electron chi connectivity index (χ4n) is 4.31. The molecule has 0 aliphatic carbocycles. The number of nitrogens with zero attached hydrogens (tertiary/aromatic N) is 6. The van der Waals surface area contributed by atoms with Crippen LogP contribution in [-0.2, 0) is 24.4 Å². The van der Waals surface area contributed by atoms with E-state index in [1.807, 2.05) is 79.4 Å². The summed E-state index contributed by atoms with van der Waals surface area (Å²) < 4.78 is 6.59. The fourth-order valence-corrected chi connectivity index (χ4v) is 4.31. The molecule has 4 aromatic rings. The van der Waals surface area contributed by atoms with E-state index in [2.05, 4.69) is 47.9 Å². The third-order valence-electron chi connectivity index (χ3n) is 5.81. The van der Waals surface area contributed by atoms with E-state index >= 15 is 0 Å². The van der Waals surface area contributed by atoms with Crippen molar-refractivity contribution in [3.05, 3.63) is 120 Å². The summed E-state index contributed by atoms with van der Waals surface area (Å²) in [5.41, 5.74) is 4.00. The van der Waals surface area contributed by atoms with Crippen LogP contribution in [0.15, 0.2) is 97.6 Å². The number of aromatic nitrogens is 4. The van der Waals surface area contributed by atoms with E-state index < -0.39 is 0 Å². The van der Waals surface area contributed by atoms with Crippen LogP contribution in [0.4, 0.5) is 0 Å². The molecular weight excluding hydrogens is 424 g/mol. The molecule has 1 fully saturated rings. The largest absolute Gasteiger partial charge is 0.351 e. The summed E-state index contributed by atoms with van der Waals surface area (Å²) in [6.45, 7) is 3.71. The number of hydrogen-bond donors (Lipinski definition) is 0. The molecule has 5 rings (SSSR count). The van der Waals surface area contributed by atoms with Crippen molar-refractivity contribution in [1.82, 2.24) is 29.7 Å². The molecule has 34 heavy (non-hydrogen) atoms. The molecule has 0 radical (unpaired) electrons. The molecule has 5 heterocycles. The minimum absolute atomic E-state index is 0.0168. The van der Waals surface area contributed by atoms with Gasteiger partial charge in [0.2, 0.25) is 0 Å². The molecule has 0 bridgehead atoms. The summed E-state index contributed by atoms with van der Waals surface area (Å²) in [7, 11) is 0. The molecule has 0 N–H and O–H groups in total. The summed E-state index contributed by atoms with van der Waals surface area (Å²) in [4.78, 5) is 22.8. The van der Waals surface area contributed by atoms with Gasteiger partial charge in [-0.25, -0.2) is 0 Å². The predicted octanol–water partition coefficient (Wildman–Crippen LogP) is 3.87. The molecule has 172 valence electrons. The van der Waals surface area contributed by atoms with Crippen LogP contribution in [0, 0.1) is 0 Å². The van der Waals surface area contributed by atoms with Gasteiger partial charge in [-0.3, -0.25) is 29.7 Å². The summed E-state index contributed by atoms with van der Waals surface area (Å²) in [5.74, 6) is 0. The van der Waals surface area contributed by atoms with Gasteiger partial charge in [0.25, 0.3) is 0 Å². The monoisotopic (exact) mass is 452 g/mol. The van der Waals surface area contributed by atoms with Gasteiger partial charge >= 0.3 is 0 Å². The van der Waals surface area contributed by atoms with Crippen LogP contribution in [-0.4, -0.2) is 48.9 Å². The van der Waals surface area contributed by atoms with Gasteiger partial charge in [-0.1, -0.05) is 24.3 Å². The maximum atomic E-state index is 6.59. The number of pyridine rings is 4. The Morgan fingerprint density at radius 2 is 1.26 bits per heavy atom. The van der Waals surface area contributed by atoms with Crippen molar-refractivity contribution < 1.29 is 4.74 Å². The first-order valence-electron chi connectivity index (χ1n) is 11.6. The van der Waals surface area contributed by atoms with Crippen molar-refractivity contribution in [2.45, 2.75) is 32.0 Å². The summed E-state index contributed by atoms with van der Waals surface area (Å²) in [6.07, 6.45) is 7.14. The van der Waals surface area contributed by atoms with Gasteiger partial charge in [-0.2, -0.15) is 0 Å². The van der Waals surface area contributed by atoms with E-state index in [1.165, 1.54) is 0 Å². The van der Waals surface area contributed by atoms with Crippen LogP contribution in [0.5, 0.6) is 0 Å². The molecule has 7 heteroatoms. The van der Waals surface area contributed by atoms with Crippen molar-refractivity contribution in [3.63, 3.8) is 0 Å². The first-order valence-corrected chi connectivity index (χ1v) is 11.6. The molecule has 0 spiro atoms. The molecule has 0 amide bonds. The molecule has 1 unspecified atom stereocenters. The Labute approximate surface area is 200 Å². The maximum absolute atomic E-state index is 6.59. The number of hydrogen-bond acceptors (Lipinski definition) is 7. The lowest BCUT2D eigenvalue weighted by molar-refractivity contribution is -0.0196. The van der Waals surface area contributed by atoms with E-state index in [9.17, 15) is 0 Å². The lowest BCUT2D eigenvalue weighted by atomic mass is 10.2. The molecule has 1 aliphatic heterocycles. The Balaban J connectivity index is 1.34. The SMILES string of the molecule is c1ccc(CN(Cc2ccccn2)C[C@@H]2CN(Cc3ccccn3)C(c3ccccn3)O2)nc1. The quantitative estimate of drug-likeness (QED) is 0.382.